The Morgan fingerprint density at radius 1 is 1.25 bits per heavy atom. The van der Waals surface area contributed by atoms with E-state index in [2.05, 4.69) is 15.6 Å². The summed E-state index contributed by atoms with van der Waals surface area (Å²) in [6.07, 6.45) is 4.42. The van der Waals surface area contributed by atoms with Gasteiger partial charge in [0.15, 0.2) is 5.69 Å². The zero-order valence-corrected chi connectivity index (χ0v) is 22.1. The number of pyridine rings is 1. The van der Waals surface area contributed by atoms with Crippen LogP contribution >= 0.6 is 11.6 Å². The van der Waals surface area contributed by atoms with Crippen LogP contribution in [0.1, 0.15) is 53.8 Å². The van der Waals surface area contributed by atoms with Gasteiger partial charge in [-0.2, -0.15) is 0 Å². The van der Waals surface area contributed by atoms with Crippen LogP contribution in [0.15, 0.2) is 29.1 Å². The van der Waals surface area contributed by atoms with E-state index in [4.69, 9.17) is 16.6 Å². The summed E-state index contributed by atoms with van der Waals surface area (Å²) in [6.45, 7) is 4.49. The molecule has 0 bridgehead atoms. The van der Waals surface area contributed by atoms with Crippen LogP contribution in [-0.2, 0) is 17.1 Å². The van der Waals surface area contributed by atoms with E-state index < -0.39 is 22.0 Å². The second kappa shape index (κ2) is 10.1. The molecule has 1 saturated carbocycles. The minimum atomic E-state index is -3.80. The molecule has 1 aromatic carbocycles. The maximum absolute atomic E-state index is 13.2. The van der Waals surface area contributed by atoms with Crippen molar-refractivity contribution < 1.29 is 13.2 Å². The summed E-state index contributed by atoms with van der Waals surface area (Å²) < 4.78 is 26.6. The highest BCUT2D eigenvalue weighted by Crippen LogP contribution is 2.32. The van der Waals surface area contributed by atoms with Crippen molar-refractivity contribution in [3.05, 3.63) is 56.6 Å². The Balaban J connectivity index is 1.71. The smallest absolute Gasteiger partial charge is 0.285 e. The normalized spacial score (nSPS) is 14.5. The number of carbonyl (C=O) groups excluding carboxylic acids is 1. The van der Waals surface area contributed by atoms with Gasteiger partial charge in [0.2, 0.25) is 16.0 Å². The van der Waals surface area contributed by atoms with Gasteiger partial charge < -0.3 is 10.6 Å². The molecule has 1 aliphatic rings. The molecule has 10 nitrogen and oxygen atoms in total. The van der Waals surface area contributed by atoms with Crippen molar-refractivity contribution in [1.82, 2.24) is 19.3 Å². The molecule has 0 radical (unpaired) electrons. The molecule has 36 heavy (non-hydrogen) atoms. The first-order valence-corrected chi connectivity index (χ1v) is 13.9. The van der Waals surface area contributed by atoms with Crippen LogP contribution in [0.2, 0.25) is 5.15 Å². The van der Waals surface area contributed by atoms with Crippen LogP contribution in [0.3, 0.4) is 0 Å². The lowest BCUT2D eigenvalue weighted by Gasteiger charge is -2.20. The highest BCUT2D eigenvalue weighted by molar-refractivity contribution is 7.89. The van der Waals surface area contributed by atoms with E-state index in [1.807, 2.05) is 30.7 Å². The van der Waals surface area contributed by atoms with E-state index in [0.29, 0.717) is 16.9 Å². The number of rotatable bonds is 9. The summed E-state index contributed by atoms with van der Waals surface area (Å²) in [5.41, 5.74) is 2.13. The van der Waals surface area contributed by atoms with Gasteiger partial charge in [-0.25, -0.2) is 23.1 Å². The van der Waals surface area contributed by atoms with Gasteiger partial charge in [-0.15, -0.1) is 0 Å². The molecule has 0 aliphatic heterocycles. The van der Waals surface area contributed by atoms with Crippen molar-refractivity contribution in [2.75, 3.05) is 23.4 Å². The zero-order valence-electron chi connectivity index (χ0n) is 20.6. The quantitative estimate of drug-likeness (QED) is 0.357. The number of carbonyl (C=O) groups is 1. The molecule has 3 N–H and O–H groups in total. The molecule has 1 aliphatic carbocycles. The molecule has 2 heterocycles. The lowest BCUT2D eigenvalue weighted by Crippen LogP contribution is -2.31. The fourth-order valence-corrected chi connectivity index (χ4v) is 4.67. The Morgan fingerprint density at radius 3 is 2.64 bits per heavy atom. The fraction of sp³-hybridized carbons (Fsp3) is 0.417. The van der Waals surface area contributed by atoms with E-state index in [1.165, 1.54) is 23.5 Å². The number of anilines is 2. The maximum atomic E-state index is 13.2. The van der Waals surface area contributed by atoms with Gasteiger partial charge in [-0.1, -0.05) is 30.5 Å². The monoisotopic (exact) mass is 532 g/mol. The predicted molar refractivity (Wildman–Crippen MR) is 141 cm³/mol. The summed E-state index contributed by atoms with van der Waals surface area (Å²) >= 11 is 5.98. The molecular weight excluding hydrogens is 504 g/mol. The fourth-order valence-electron chi connectivity index (χ4n) is 4.09. The number of hydrogen-bond donors (Lipinski definition) is 3. The third kappa shape index (κ3) is 5.96. The number of benzene rings is 1. The second-order valence-corrected chi connectivity index (χ2v) is 11.4. The van der Waals surface area contributed by atoms with Crippen molar-refractivity contribution >= 4 is 50.1 Å². The average molecular weight is 533 g/mol. The molecule has 1 atom stereocenters. The number of aromatic nitrogens is 3. The van der Waals surface area contributed by atoms with Crippen LogP contribution in [-0.4, -0.2) is 41.7 Å². The van der Waals surface area contributed by atoms with Gasteiger partial charge in [0, 0.05) is 19.2 Å². The average Bonchev–Trinajstić information content (AvgIpc) is 3.61. The Kier molecular flexibility index (Phi) is 7.24. The summed E-state index contributed by atoms with van der Waals surface area (Å²) in [6, 6.07) is 6.37. The lowest BCUT2D eigenvalue weighted by atomic mass is 10.0. The minimum Gasteiger partial charge on any atom is -0.377 e. The maximum Gasteiger partial charge on any atom is 0.285 e. The SMILES string of the molecule is Cc1cc([C@@H](C)Nc2ccc(Cl)nc2C(=O)NS(C)(=O)=O)c2nc(NCCC3CC3)n(C)c(=O)c2c1. The Hall–Kier alpha value is -3.18. The molecule has 0 unspecified atom stereocenters. The van der Waals surface area contributed by atoms with E-state index in [-0.39, 0.29) is 22.1 Å². The number of halogens is 1. The molecule has 192 valence electrons. The molecule has 2 aromatic heterocycles. The third-order valence-electron chi connectivity index (χ3n) is 6.08. The highest BCUT2D eigenvalue weighted by atomic mass is 35.5. The standard InChI is InChI=1S/C24H29ClN6O4S/c1-13-11-16(14(2)27-18-7-8-19(25)28-21(18)22(32)30-36(4,34)35)20-17(12-13)23(33)31(3)24(29-20)26-10-9-15-5-6-15/h7-8,11-12,14-15,27H,5-6,9-10H2,1-4H3,(H,26,29)(H,30,32)/t14-/m1/s1. The lowest BCUT2D eigenvalue weighted by molar-refractivity contribution is 0.0977. The molecule has 0 spiro atoms. The number of hydrogen-bond acceptors (Lipinski definition) is 8. The summed E-state index contributed by atoms with van der Waals surface area (Å²) in [7, 11) is -2.11. The summed E-state index contributed by atoms with van der Waals surface area (Å²) in [4.78, 5) is 34.6. The Bertz CT molecular complexity index is 1500. The molecule has 12 heteroatoms. The largest absolute Gasteiger partial charge is 0.377 e. The zero-order chi connectivity index (χ0) is 26.2. The van der Waals surface area contributed by atoms with Gasteiger partial charge in [0.25, 0.3) is 11.5 Å². The van der Waals surface area contributed by atoms with Crippen LogP contribution in [0.5, 0.6) is 0 Å². The number of nitrogens with zero attached hydrogens (tertiary/aromatic N) is 3. The number of sulfonamides is 1. The minimum absolute atomic E-state index is 0.0416. The Morgan fingerprint density at radius 2 is 1.97 bits per heavy atom. The van der Waals surface area contributed by atoms with Crippen molar-refractivity contribution in [3.8, 4) is 0 Å². The number of amides is 1. The van der Waals surface area contributed by atoms with Crippen molar-refractivity contribution in [2.24, 2.45) is 13.0 Å². The second-order valence-electron chi connectivity index (χ2n) is 9.31. The van der Waals surface area contributed by atoms with Gasteiger partial charge in [0.05, 0.1) is 28.9 Å². The topological polar surface area (TPSA) is 135 Å². The number of nitrogens with one attached hydrogen (secondary N) is 3. The van der Waals surface area contributed by atoms with Gasteiger partial charge in [0.1, 0.15) is 5.15 Å². The van der Waals surface area contributed by atoms with Gasteiger partial charge in [-0.3, -0.25) is 14.2 Å². The van der Waals surface area contributed by atoms with Gasteiger partial charge >= 0.3 is 0 Å². The molecule has 1 fully saturated rings. The van der Waals surface area contributed by atoms with E-state index in [9.17, 15) is 18.0 Å². The van der Waals surface area contributed by atoms with Gasteiger partial charge in [-0.05, 0) is 49.9 Å². The molecule has 4 rings (SSSR count). The van der Waals surface area contributed by atoms with Crippen LogP contribution < -0.4 is 20.9 Å². The molecule has 0 saturated heterocycles. The first-order valence-electron chi connectivity index (χ1n) is 11.6. The summed E-state index contributed by atoms with van der Waals surface area (Å²) in [5, 5.41) is 7.04. The number of aryl methyl sites for hydroxylation is 1. The molecule has 3 aromatic rings. The highest BCUT2D eigenvalue weighted by Gasteiger charge is 2.23. The summed E-state index contributed by atoms with van der Waals surface area (Å²) in [5.74, 6) is 0.337. The van der Waals surface area contributed by atoms with Crippen molar-refractivity contribution in [2.45, 2.75) is 39.2 Å². The van der Waals surface area contributed by atoms with E-state index in [0.717, 1.165) is 36.3 Å². The molecular formula is C24H29ClN6O4S. The van der Waals surface area contributed by atoms with Crippen LogP contribution in [0.4, 0.5) is 11.6 Å². The number of fused-ring (bicyclic) bond motifs is 1. The first-order chi connectivity index (χ1) is 16.9. The third-order valence-corrected chi connectivity index (χ3v) is 6.85. The first kappa shape index (κ1) is 25.9. The van der Waals surface area contributed by atoms with Crippen molar-refractivity contribution in [1.29, 1.82) is 0 Å². The Labute approximate surface area is 214 Å². The predicted octanol–water partition coefficient (Wildman–Crippen LogP) is 3.36. The van der Waals surface area contributed by atoms with Crippen molar-refractivity contribution in [3.63, 3.8) is 0 Å². The van der Waals surface area contributed by atoms with Crippen LogP contribution in [0.25, 0.3) is 10.9 Å². The molecule has 1 amide bonds. The van der Waals surface area contributed by atoms with E-state index in [1.54, 1.807) is 13.1 Å². The van der Waals surface area contributed by atoms with E-state index >= 15 is 0 Å². The van der Waals surface area contributed by atoms with Crippen LogP contribution in [0, 0.1) is 12.8 Å².